The highest BCUT2D eigenvalue weighted by molar-refractivity contribution is 5.98. The minimum Gasteiger partial charge on any atom is -0.493 e. The van der Waals surface area contributed by atoms with Gasteiger partial charge in [0.25, 0.3) is 0 Å². The van der Waals surface area contributed by atoms with Crippen LogP contribution in [0.15, 0.2) is 18.2 Å². The summed E-state index contributed by atoms with van der Waals surface area (Å²) >= 11 is 0. The van der Waals surface area contributed by atoms with Gasteiger partial charge in [0.1, 0.15) is 12.3 Å². The Labute approximate surface area is 188 Å². The number of hydrogen-bond donors (Lipinski definition) is 2. The molecular weight excluding hydrogens is 412 g/mol. The molecule has 2 unspecified atom stereocenters. The average molecular weight is 445 g/mol. The van der Waals surface area contributed by atoms with Gasteiger partial charge in [0.2, 0.25) is 17.7 Å². The monoisotopic (exact) mass is 444 g/mol. The van der Waals surface area contributed by atoms with Gasteiger partial charge in [-0.25, -0.2) is 4.79 Å². The minimum absolute atomic E-state index is 0.0694. The van der Waals surface area contributed by atoms with Crippen LogP contribution in [-0.2, 0) is 14.4 Å². The summed E-state index contributed by atoms with van der Waals surface area (Å²) < 4.78 is 5.67. The molecule has 32 heavy (non-hydrogen) atoms. The van der Waals surface area contributed by atoms with Gasteiger partial charge in [-0.3, -0.25) is 19.7 Å². The highest BCUT2D eigenvalue weighted by atomic mass is 16.5. The lowest BCUT2D eigenvalue weighted by Crippen LogP contribution is -2.54. The third-order valence-electron chi connectivity index (χ3n) is 6.26. The van der Waals surface area contributed by atoms with E-state index >= 15 is 0 Å². The van der Waals surface area contributed by atoms with Crippen molar-refractivity contribution in [1.29, 1.82) is 0 Å². The predicted molar refractivity (Wildman–Crippen MR) is 118 cm³/mol. The lowest BCUT2D eigenvalue weighted by Gasteiger charge is -2.31. The second kappa shape index (κ2) is 10.5. The number of imide groups is 1. The first kappa shape index (κ1) is 23.6. The largest absolute Gasteiger partial charge is 0.493 e. The molecule has 2 fully saturated rings. The van der Waals surface area contributed by atoms with E-state index in [4.69, 9.17) is 4.74 Å². The van der Waals surface area contributed by atoms with Crippen LogP contribution in [0.3, 0.4) is 0 Å². The maximum absolute atomic E-state index is 12.8. The van der Waals surface area contributed by atoms with Gasteiger partial charge in [-0.15, -0.1) is 0 Å². The number of rotatable bonds is 8. The Balaban J connectivity index is 1.44. The van der Waals surface area contributed by atoms with Crippen LogP contribution in [0.1, 0.15) is 37.3 Å². The minimum atomic E-state index is -0.532. The van der Waals surface area contributed by atoms with Crippen molar-refractivity contribution >= 4 is 23.8 Å². The smallest absolute Gasteiger partial charge is 0.324 e. The van der Waals surface area contributed by atoms with Crippen LogP contribution in [0.4, 0.5) is 4.79 Å². The second-order valence-electron chi connectivity index (χ2n) is 8.59. The molecule has 0 aliphatic carbocycles. The number of carbonyl (C=O) groups is 4. The highest BCUT2D eigenvalue weighted by Gasteiger charge is 2.36. The van der Waals surface area contributed by atoms with Crippen molar-refractivity contribution in [1.82, 2.24) is 20.4 Å². The molecule has 9 nitrogen and oxygen atoms in total. The Bertz CT molecular complexity index is 887. The normalized spacial score (nSPS) is 20.8. The van der Waals surface area contributed by atoms with E-state index in [9.17, 15) is 19.2 Å². The Morgan fingerprint density at radius 3 is 2.69 bits per heavy atom. The van der Waals surface area contributed by atoms with E-state index in [0.717, 1.165) is 17.7 Å². The standard InChI is InChI=1S/C23H32N4O5/c1-15-4-5-18(12-17(15)3)32-11-8-20(28)24-13-19-16(2)6-10-27(19)22(30)14-26-9-7-21(29)25-23(26)31/h4-5,12,16,19H,6-11,13-14H2,1-3H3,(H,24,28)(H,25,29,31). The summed E-state index contributed by atoms with van der Waals surface area (Å²) in [4.78, 5) is 51.4. The fourth-order valence-electron chi connectivity index (χ4n) is 4.01. The van der Waals surface area contributed by atoms with Gasteiger partial charge in [-0.2, -0.15) is 0 Å². The topological polar surface area (TPSA) is 108 Å². The van der Waals surface area contributed by atoms with Gasteiger partial charge in [-0.1, -0.05) is 13.0 Å². The van der Waals surface area contributed by atoms with Crippen LogP contribution in [0.2, 0.25) is 0 Å². The van der Waals surface area contributed by atoms with Crippen LogP contribution in [-0.4, -0.2) is 72.4 Å². The molecule has 0 aromatic heterocycles. The van der Waals surface area contributed by atoms with E-state index in [1.165, 1.54) is 10.5 Å². The first-order chi connectivity index (χ1) is 15.2. The molecule has 2 N–H and O–H groups in total. The molecular formula is C23H32N4O5. The third kappa shape index (κ3) is 5.99. The van der Waals surface area contributed by atoms with Crippen molar-refractivity contribution in [3.8, 4) is 5.75 Å². The molecule has 2 aliphatic heterocycles. The Kier molecular flexibility index (Phi) is 7.71. The van der Waals surface area contributed by atoms with Crippen LogP contribution < -0.4 is 15.4 Å². The number of aryl methyl sites for hydroxylation is 2. The molecule has 2 saturated heterocycles. The zero-order valence-electron chi connectivity index (χ0n) is 19.0. The number of amides is 5. The fourth-order valence-corrected chi connectivity index (χ4v) is 4.01. The average Bonchev–Trinajstić information content (AvgIpc) is 3.11. The van der Waals surface area contributed by atoms with Gasteiger partial charge in [-0.05, 0) is 49.4 Å². The summed E-state index contributed by atoms with van der Waals surface area (Å²) in [5.74, 6) is 0.356. The lowest BCUT2D eigenvalue weighted by atomic mass is 10.0. The van der Waals surface area contributed by atoms with Crippen molar-refractivity contribution in [2.75, 3.05) is 32.8 Å². The molecule has 0 spiro atoms. The van der Waals surface area contributed by atoms with Crippen molar-refractivity contribution in [3.63, 3.8) is 0 Å². The summed E-state index contributed by atoms with van der Waals surface area (Å²) in [5.41, 5.74) is 2.33. The van der Waals surface area contributed by atoms with E-state index in [1.54, 1.807) is 4.90 Å². The van der Waals surface area contributed by atoms with Crippen molar-refractivity contribution in [2.45, 2.75) is 46.1 Å². The number of ether oxygens (including phenoxy) is 1. The first-order valence-electron chi connectivity index (χ1n) is 11.1. The molecule has 174 valence electrons. The number of urea groups is 1. The number of nitrogens with one attached hydrogen (secondary N) is 2. The fraction of sp³-hybridized carbons (Fsp3) is 0.565. The third-order valence-corrected chi connectivity index (χ3v) is 6.26. The maximum atomic E-state index is 12.8. The molecule has 0 bridgehead atoms. The predicted octanol–water partition coefficient (Wildman–Crippen LogP) is 1.37. The number of carbonyl (C=O) groups excluding carboxylic acids is 4. The van der Waals surface area contributed by atoms with Crippen LogP contribution in [0.25, 0.3) is 0 Å². The molecule has 2 aliphatic rings. The zero-order valence-corrected chi connectivity index (χ0v) is 19.0. The molecule has 0 radical (unpaired) electrons. The number of likely N-dealkylation sites (tertiary alicyclic amines) is 1. The van der Waals surface area contributed by atoms with Gasteiger partial charge in [0.05, 0.1) is 19.1 Å². The molecule has 2 atom stereocenters. The second-order valence-corrected chi connectivity index (χ2v) is 8.59. The molecule has 1 aromatic carbocycles. The van der Waals surface area contributed by atoms with E-state index in [1.807, 2.05) is 32.0 Å². The van der Waals surface area contributed by atoms with E-state index in [-0.39, 0.29) is 62.2 Å². The Morgan fingerprint density at radius 1 is 1.19 bits per heavy atom. The van der Waals surface area contributed by atoms with Crippen LogP contribution in [0.5, 0.6) is 5.75 Å². The first-order valence-corrected chi connectivity index (χ1v) is 11.1. The Morgan fingerprint density at radius 2 is 1.97 bits per heavy atom. The number of benzene rings is 1. The molecule has 2 heterocycles. The molecule has 0 saturated carbocycles. The summed E-state index contributed by atoms with van der Waals surface area (Å²) in [6.07, 6.45) is 1.26. The van der Waals surface area contributed by atoms with Crippen LogP contribution >= 0.6 is 0 Å². The summed E-state index contributed by atoms with van der Waals surface area (Å²) in [6.45, 7) is 7.50. The van der Waals surface area contributed by atoms with Gasteiger partial charge >= 0.3 is 6.03 Å². The molecule has 9 heteroatoms. The zero-order chi connectivity index (χ0) is 23.3. The van der Waals surface area contributed by atoms with Crippen molar-refractivity contribution < 1.29 is 23.9 Å². The van der Waals surface area contributed by atoms with Crippen molar-refractivity contribution in [3.05, 3.63) is 29.3 Å². The molecule has 1 aromatic rings. The summed E-state index contributed by atoms with van der Waals surface area (Å²) in [5, 5.41) is 5.15. The lowest BCUT2D eigenvalue weighted by molar-refractivity contribution is -0.134. The van der Waals surface area contributed by atoms with E-state index in [2.05, 4.69) is 17.6 Å². The van der Waals surface area contributed by atoms with Crippen molar-refractivity contribution in [2.24, 2.45) is 5.92 Å². The summed E-state index contributed by atoms with van der Waals surface area (Å²) in [6, 6.07) is 5.18. The quantitative estimate of drug-likeness (QED) is 0.630. The molecule has 5 amide bonds. The highest BCUT2D eigenvalue weighted by Crippen LogP contribution is 2.24. The van der Waals surface area contributed by atoms with Gasteiger partial charge < -0.3 is 19.9 Å². The van der Waals surface area contributed by atoms with E-state index < -0.39 is 6.03 Å². The maximum Gasteiger partial charge on any atom is 0.324 e. The number of hydrogen-bond acceptors (Lipinski definition) is 5. The van der Waals surface area contributed by atoms with Gasteiger partial charge in [0.15, 0.2) is 0 Å². The SMILES string of the molecule is Cc1ccc(OCCC(=O)NCC2C(C)CCN2C(=O)CN2CCC(=O)NC2=O)cc1C. The summed E-state index contributed by atoms with van der Waals surface area (Å²) in [7, 11) is 0. The van der Waals surface area contributed by atoms with Gasteiger partial charge in [0, 0.05) is 26.1 Å². The Hall–Kier alpha value is -3.10. The van der Waals surface area contributed by atoms with E-state index in [0.29, 0.717) is 13.1 Å². The molecule has 3 rings (SSSR count). The van der Waals surface area contributed by atoms with Crippen LogP contribution in [0, 0.1) is 19.8 Å². The number of nitrogens with zero attached hydrogens (tertiary/aromatic N) is 2.